The second-order valence-corrected chi connectivity index (χ2v) is 5.82. The Labute approximate surface area is 112 Å². The SMILES string of the molecule is C=NNC(=O)C(C)(C)CC(C)(C)N1C(=O)C=CC1=O. The van der Waals surface area contributed by atoms with Crippen LogP contribution in [0.15, 0.2) is 17.3 Å². The Kier molecular flexibility index (Phi) is 3.93. The van der Waals surface area contributed by atoms with Crippen LogP contribution in [0.5, 0.6) is 0 Å². The number of rotatable bonds is 5. The second-order valence-electron chi connectivity index (χ2n) is 5.82. The molecule has 3 amide bonds. The van der Waals surface area contributed by atoms with E-state index in [1.165, 1.54) is 17.1 Å². The average Bonchev–Trinajstić information content (AvgIpc) is 2.57. The van der Waals surface area contributed by atoms with Crippen molar-refractivity contribution in [1.82, 2.24) is 10.3 Å². The lowest BCUT2D eigenvalue weighted by Gasteiger charge is -2.39. The van der Waals surface area contributed by atoms with Crippen LogP contribution in [-0.4, -0.2) is 34.9 Å². The molecule has 1 rings (SSSR count). The van der Waals surface area contributed by atoms with E-state index in [1.54, 1.807) is 27.7 Å². The van der Waals surface area contributed by atoms with Gasteiger partial charge in [0.15, 0.2) is 0 Å². The zero-order valence-corrected chi connectivity index (χ0v) is 11.7. The Morgan fingerprint density at radius 1 is 1.26 bits per heavy atom. The molecule has 6 heteroatoms. The molecule has 1 heterocycles. The Hall–Kier alpha value is -1.98. The van der Waals surface area contributed by atoms with Crippen molar-refractivity contribution < 1.29 is 14.4 Å². The van der Waals surface area contributed by atoms with Crippen molar-refractivity contribution in [2.24, 2.45) is 10.5 Å². The van der Waals surface area contributed by atoms with Crippen molar-refractivity contribution in [2.45, 2.75) is 39.7 Å². The highest BCUT2D eigenvalue weighted by Gasteiger charge is 2.43. The first kappa shape index (κ1) is 15.1. The predicted molar refractivity (Wildman–Crippen MR) is 71.2 cm³/mol. The van der Waals surface area contributed by atoms with Gasteiger partial charge in [0.2, 0.25) is 5.91 Å². The predicted octanol–water partition coefficient (Wildman–Crippen LogP) is 0.838. The fraction of sp³-hybridized carbons (Fsp3) is 0.538. The highest BCUT2D eigenvalue weighted by Crippen LogP contribution is 2.33. The van der Waals surface area contributed by atoms with Crippen molar-refractivity contribution >= 4 is 24.4 Å². The van der Waals surface area contributed by atoms with Gasteiger partial charge in [0, 0.05) is 29.8 Å². The monoisotopic (exact) mass is 265 g/mol. The molecule has 0 unspecified atom stereocenters. The van der Waals surface area contributed by atoms with E-state index in [2.05, 4.69) is 17.2 Å². The molecule has 0 saturated carbocycles. The molecule has 0 spiro atoms. The highest BCUT2D eigenvalue weighted by molar-refractivity contribution is 6.13. The van der Waals surface area contributed by atoms with E-state index in [0.717, 1.165) is 0 Å². The normalized spacial score (nSPS) is 15.9. The van der Waals surface area contributed by atoms with Crippen LogP contribution in [0, 0.1) is 5.41 Å². The molecule has 0 aliphatic carbocycles. The lowest BCUT2D eigenvalue weighted by molar-refractivity contribution is -0.146. The van der Waals surface area contributed by atoms with Gasteiger partial charge in [-0.25, -0.2) is 5.43 Å². The van der Waals surface area contributed by atoms with Crippen LogP contribution in [0.25, 0.3) is 0 Å². The molecular weight excluding hydrogens is 246 g/mol. The first-order valence-electron chi connectivity index (χ1n) is 5.94. The number of nitrogens with one attached hydrogen (secondary N) is 1. The molecule has 0 radical (unpaired) electrons. The summed E-state index contributed by atoms with van der Waals surface area (Å²) in [6, 6.07) is 0. The molecule has 1 aliphatic rings. The van der Waals surface area contributed by atoms with Crippen LogP contribution < -0.4 is 5.43 Å². The fourth-order valence-corrected chi connectivity index (χ4v) is 2.46. The molecule has 0 fully saturated rings. The minimum absolute atomic E-state index is 0.303. The van der Waals surface area contributed by atoms with E-state index >= 15 is 0 Å². The van der Waals surface area contributed by atoms with E-state index in [-0.39, 0.29) is 17.7 Å². The first-order valence-corrected chi connectivity index (χ1v) is 5.94. The fourth-order valence-electron chi connectivity index (χ4n) is 2.46. The number of imide groups is 1. The van der Waals surface area contributed by atoms with Gasteiger partial charge in [-0.2, -0.15) is 5.10 Å². The van der Waals surface area contributed by atoms with Crippen LogP contribution >= 0.6 is 0 Å². The number of hydrogen-bond donors (Lipinski definition) is 1. The molecule has 0 aromatic heterocycles. The summed E-state index contributed by atoms with van der Waals surface area (Å²) in [5, 5.41) is 3.35. The van der Waals surface area contributed by atoms with Crippen LogP contribution in [0.3, 0.4) is 0 Å². The molecule has 104 valence electrons. The number of hydrazone groups is 1. The molecule has 6 nitrogen and oxygen atoms in total. The van der Waals surface area contributed by atoms with E-state index in [9.17, 15) is 14.4 Å². The summed E-state index contributed by atoms with van der Waals surface area (Å²) < 4.78 is 0. The van der Waals surface area contributed by atoms with Gasteiger partial charge in [0.1, 0.15) is 0 Å². The molecule has 1 N–H and O–H groups in total. The summed E-state index contributed by atoms with van der Waals surface area (Å²) in [6.45, 7) is 10.2. The summed E-state index contributed by atoms with van der Waals surface area (Å²) in [7, 11) is 0. The quantitative estimate of drug-likeness (QED) is 0.454. The Balaban J connectivity index is 2.90. The van der Waals surface area contributed by atoms with Gasteiger partial charge >= 0.3 is 0 Å². The van der Waals surface area contributed by atoms with Crippen LogP contribution in [0.1, 0.15) is 34.1 Å². The summed E-state index contributed by atoms with van der Waals surface area (Å²) in [6.07, 6.45) is 2.80. The zero-order valence-electron chi connectivity index (χ0n) is 11.7. The van der Waals surface area contributed by atoms with Crippen LogP contribution in [-0.2, 0) is 14.4 Å². The lowest BCUT2D eigenvalue weighted by Crippen LogP contribution is -2.52. The van der Waals surface area contributed by atoms with E-state index < -0.39 is 11.0 Å². The van der Waals surface area contributed by atoms with Crippen molar-refractivity contribution in [2.75, 3.05) is 0 Å². The molecule has 0 aromatic rings. The summed E-state index contributed by atoms with van der Waals surface area (Å²) in [5.41, 5.74) is 0.744. The van der Waals surface area contributed by atoms with Gasteiger partial charge in [0.25, 0.3) is 11.8 Å². The van der Waals surface area contributed by atoms with Crippen molar-refractivity contribution in [3.05, 3.63) is 12.2 Å². The summed E-state index contributed by atoms with van der Waals surface area (Å²) in [5.74, 6) is -1.01. The van der Waals surface area contributed by atoms with E-state index in [4.69, 9.17) is 0 Å². The maximum atomic E-state index is 11.9. The third-order valence-electron chi connectivity index (χ3n) is 3.08. The van der Waals surface area contributed by atoms with Crippen LogP contribution in [0.4, 0.5) is 0 Å². The number of amides is 3. The third kappa shape index (κ3) is 3.07. The van der Waals surface area contributed by atoms with Crippen molar-refractivity contribution in [3.63, 3.8) is 0 Å². The van der Waals surface area contributed by atoms with Gasteiger partial charge in [-0.3, -0.25) is 19.3 Å². The Morgan fingerprint density at radius 2 is 1.74 bits per heavy atom. The number of hydrogen-bond acceptors (Lipinski definition) is 4. The lowest BCUT2D eigenvalue weighted by atomic mass is 9.78. The molecule has 0 saturated heterocycles. The zero-order chi connectivity index (χ0) is 14.8. The van der Waals surface area contributed by atoms with E-state index in [1.807, 2.05) is 0 Å². The van der Waals surface area contributed by atoms with Gasteiger partial charge in [0.05, 0.1) is 0 Å². The maximum Gasteiger partial charge on any atom is 0.254 e. The summed E-state index contributed by atoms with van der Waals surface area (Å²) in [4.78, 5) is 36.4. The Bertz CT molecular complexity index is 446. The molecule has 1 aliphatic heterocycles. The molecule has 0 aromatic carbocycles. The minimum Gasteiger partial charge on any atom is -0.273 e. The topological polar surface area (TPSA) is 78.8 Å². The molecule has 0 bridgehead atoms. The number of nitrogens with zero attached hydrogens (tertiary/aromatic N) is 2. The standard InChI is InChI=1S/C13H19N3O3/c1-12(2,11(19)15-14-5)8-13(3,4)16-9(17)6-7-10(16)18/h6-7H,5,8H2,1-4H3,(H,15,19). The van der Waals surface area contributed by atoms with Gasteiger partial charge in [-0.05, 0) is 20.3 Å². The second kappa shape index (κ2) is 4.95. The van der Waals surface area contributed by atoms with Crippen LogP contribution in [0.2, 0.25) is 0 Å². The van der Waals surface area contributed by atoms with Crippen molar-refractivity contribution in [3.8, 4) is 0 Å². The molecule has 0 atom stereocenters. The highest BCUT2D eigenvalue weighted by atomic mass is 16.2. The van der Waals surface area contributed by atoms with Gasteiger partial charge < -0.3 is 0 Å². The number of carbonyl (C=O) groups is 3. The Morgan fingerprint density at radius 3 is 2.16 bits per heavy atom. The largest absolute Gasteiger partial charge is 0.273 e. The smallest absolute Gasteiger partial charge is 0.254 e. The number of carbonyl (C=O) groups excluding carboxylic acids is 3. The summed E-state index contributed by atoms with van der Waals surface area (Å²) >= 11 is 0. The first-order chi connectivity index (χ1) is 8.62. The molecule has 19 heavy (non-hydrogen) atoms. The van der Waals surface area contributed by atoms with Crippen molar-refractivity contribution in [1.29, 1.82) is 0 Å². The molecular formula is C13H19N3O3. The van der Waals surface area contributed by atoms with E-state index in [0.29, 0.717) is 6.42 Å². The van der Waals surface area contributed by atoms with Gasteiger partial charge in [-0.15, -0.1) is 0 Å². The van der Waals surface area contributed by atoms with Gasteiger partial charge in [-0.1, -0.05) is 13.8 Å². The average molecular weight is 265 g/mol. The minimum atomic E-state index is -0.784. The third-order valence-corrected chi connectivity index (χ3v) is 3.08. The maximum absolute atomic E-state index is 11.9.